The van der Waals surface area contributed by atoms with E-state index in [1.54, 1.807) is 21.7 Å². The Labute approximate surface area is 135 Å². The maximum Gasteiger partial charge on any atom is 0.311 e. The van der Waals surface area contributed by atoms with E-state index in [-0.39, 0.29) is 5.91 Å². The fourth-order valence-corrected chi connectivity index (χ4v) is 4.03. The first-order chi connectivity index (χ1) is 10.5. The van der Waals surface area contributed by atoms with Crippen LogP contribution in [0.25, 0.3) is 0 Å². The molecule has 5 nitrogen and oxygen atoms in total. The van der Waals surface area contributed by atoms with Gasteiger partial charge >= 0.3 is 5.97 Å². The largest absolute Gasteiger partial charge is 0.481 e. The predicted molar refractivity (Wildman–Crippen MR) is 86.0 cm³/mol. The Morgan fingerprint density at radius 3 is 2.86 bits per heavy atom. The van der Waals surface area contributed by atoms with Crippen molar-refractivity contribution in [3.63, 3.8) is 0 Å². The van der Waals surface area contributed by atoms with Crippen molar-refractivity contribution in [1.29, 1.82) is 0 Å². The van der Waals surface area contributed by atoms with Gasteiger partial charge in [-0.1, -0.05) is 13.3 Å². The summed E-state index contributed by atoms with van der Waals surface area (Å²) in [5, 5.41) is 9.59. The molecule has 1 saturated heterocycles. The van der Waals surface area contributed by atoms with Crippen LogP contribution in [0.3, 0.4) is 0 Å². The molecule has 1 aromatic heterocycles. The van der Waals surface area contributed by atoms with Crippen LogP contribution in [0, 0.1) is 12.3 Å². The van der Waals surface area contributed by atoms with Gasteiger partial charge in [-0.25, -0.2) is 4.98 Å². The molecule has 0 aromatic carbocycles. The number of thiazole rings is 1. The number of aryl methyl sites for hydroxylation is 2. The summed E-state index contributed by atoms with van der Waals surface area (Å²) in [7, 11) is 0. The predicted octanol–water partition coefficient (Wildman–Crippen LogP) is 2.88. The van der Waals surface area contributed by atoms with E-state index < -0.39 is 11.4 Å². The number of rotatable bonds is 6. The molecule has 1 aliphatic heterocycles. The molecular weight excluding hydrogens is 300 g/mol. The molecule has 1 fully saturated rings. The zero-order valence-corrected chi connectivity index (χ0v) is 14.1. The highest BCUT2D eigenvalue weighted by Gasteiger charge is 2.42. The number of carbonyl (C=O) groups excluding carboxylic acids is 1. The topological polar surface area (TPSA) is 70.5 Å². The van der Waals surface area contributed by atoms with Crippen LogP contribution >= 0.6 is 11.3 Å². The summed E-state index contributed by atoms with van der Waals surface area (Å²) < 4.78 is 0. The summed E-state index contributed by atoms with van der Waals surface area (Å²) in [4.78, 5) is 31.2. The second-order valence-corrected chi connectivity index (χ2v) is 7.05. The van der Waals surface area contributed by atoms with Crippen molar-refractivity contribution < 1.29 is 14.7 Å². The van der Waals surface area contributed by atoms with Gasteiger partial charge in [-0.3, -0.25) is 9.59 Å². The van der Waals surface area contributed by atoms with E-state index in [0.717, 1.165) is 23.4 Å². The number of amides is 1. The molecule has 1 amide bonds. The molecule has 0 bridgehead atoms. The number of piperidine rings is 1. The quantitative estimate of drug-likeness (QED) is 0.873. The minimum atomic E-state index is -0.759. The molecule has 0 unspecified atom stereocenters. The second-order valence-electron chi connectivity index (χ2n) is 6.12. The highest BCUT2D eigenvalue weighted by molar-refractivity contribution is 7.09. The van der Waals surface area contributed by atoms with E-state index in [4.69, 9.17) is 0 Å². The lowest BCUT2D eigenvalue weighted by molar-refractivity contribution is -0.155. The maximum absolute atomic E-state index is 12.4. The lowest BCUT2D eigenvalue weighted by Crippen LogP contribution is -2.50. The van der Waals surface area contributed by atoms with Crippen molar-refractivity contribution in [2.75, 3.05) is 13.1 Å². The first-order valence-electron chi connectivity index (χ1n) is 7.88. The lowest BCUT2D eigenvalue weighted by atomic mass is 9.76. The van der Waals surface area contributed by atoms with Crippen molar-refractivity contribution in [3.05, 3.63) is 16.1 Å². The van der Waals surface area contributed by atoms with E-state index in [9.17, 15) is 14.7 Å². The molecular formula is C16H24N2O3S. The first kappa shape index (κ1) is 16.9. The van der Waals surface area contributed by atoms with Crippen LogP contribution < -0.4 is 0 Å². The van der Waals surface area contributed by atoms with Crippen molar-refractivity contribution in [2.45, 2.75) is 52.4 Å². The third-order valence-electron chi connectivity index (χ3n) is 4.52. The van der Waals surface area contributed by atoms with Gasteiger partial charge in [0.2, 0.25) is 5.91 Å². The number of hydrogen-bond donors (Lipinski definition) is 1. The Kier molecular flexibility index (Phi) is 5.56. The van der Waals surface area contributed by atoms with Crippen LogP contribution in [0.5, 0.6) is 0 Å². The van der Waals surface area contributed by atoms with Crippen LogP contribution in [-0.2, 0) is 16.0 Å². The number of hydrogen-bond acceptors (Lipinski definition) is 4. The van der Waals surface area contributed by atoms with Crippen LogP contribution in [-0.4, -0.2) is 40.0 Å². The number of aromatic nitrogens is 1. The number of carboxylic acids is 1. The molecule has 0 saturated carbocycles. The summed E-state index contributed by atoms with van der Waals surface area (Å²) in [6, 6.07) is 0. The van der Waals surface area contributed by atoms with Gasteiger partial charge in [-0.2, -0.15) is 0 Å². The average molecular weight is 324 g/mol. The third kappa shape index (κ3) is 3.66. The third-order valence-corrected chi connectivity index (χ3v) is 5.52. The van der Waals surface area contributed by atoms with E-state index in [1.807, 2.05) is 13.8 Å². The summed E-state index contributed by atoms with van der Waals surface area (Å²) in [6.45, 7) is 4.99. The Balaban J connectivity index is 1.97. The molecule has 0 spiro atoms. The fraction of sp³-hybridized carbons (Fsp3) is 0.688. The van der Waals surface area contributed by atoms with Crippen LogP contribution in [0.1, 0.15) is 49.6 Å². The first-order valence-corrected chi connectivity index (χ1v) is 8.76. The van der Waals surface area contributed by atoms with Crippen molar-refractivity contribution in [2.24, 2.45) is 5.41 Å². The Morgan fingerprint density at radius 1 is 1.50 bits per heavy atom. The van der Waals surface area contributed by atoms with E-state index >= 15 is 0 Å². The molecule has 2 heterocycles. The highest BCUT2D eigenvalue weighted by atomic mass is 32.1. The molecule has 0 aliphatic carbocycles. The van der Waals surface area contributed by atoms with Crippen molar-refractivity contribution in [1.82, 2.24) is 9.88 Å². The van der Waals surface area contributed by atoms with Gasteiger partial charge in [0.05, 0.1) is 16.6 Å². The Bertz CT molecular complexity index is 539. The molecule has 1 N–H and O–H groups in total. The standard InChI is InChI=1S/C16H24N2O3S/c1-3-7-16(15(20)21)8-4-9-18(10-16)14(19)6-5-13-12(2)17-11-22-13/h11H,3-10H2,1-2H3,(H,20,21)/t16-/m0/s1. The number of carbonyl (C=O) groups is 2. The summed E-state index contributed by atoms with van der Waals surface area (Å²) in [6.07, 6.45) is 4.05. The van der Waals surface area contributed by atoms with Gasteiger partial charge < -0.3 is 10.0 Å². The minimum Gasteiger partial charge on any atom is -0.481 e. The molecule has 6 heteroatoms. The van der Waals surface area contributed by atoms with E-state index in [2.05, 4.69) is 4.98 Å². The summed E-state index contributed by atoms with van der Waals surface area (Å²) >= 11 is 1.58. The molecule has 0 radical (unpaired) electrons. The number of carboxylic acid groups (broad SMARTS) is 1. The highest BCUT2D eigenvalue weighted by Crippen LogP contribution is 2.35. The minimum absolute atomic E-state index is 0.0641. The van der Waals surface area contributed by atoms with Gasteiger partial charge in [0.1, 0.15) is 0 Å². The molecule has 1 atom stereocenters. The van der Waals surface area contributed by atoms with Gasteiger partial charge in [-0.05, 0) is 32.6 Å². The monoisotopic (exact) mass is 324 g/mol. The average Bonchev–Trinajstić information content (AvgIpc) is 2.90. The van der Waals surface area contributed by atoms with Crippen LogP contribution in [0.2, 0.25) is 0 Å². The van der Waals surface area contributed by atoms with E-state index in [1.165, 1.54) is 0 Å². The molecule has 1 aromatic rings. The lowest BCUT2D eigenvalue weighted by Gasteiger charge is -2.40. The number of likely N-dealkylation sites (tertiary alicyclic amines) is 1. The Morgan fingerprint density at radius 2 is 2.27 bits per heavy atom. The van der Waals surface area contributed by atoms with Crippen molar-refractivity contribution in [3.8, 4) is 0 Å². The Hall–Kier alpha value is -1.43. The summed E-state index contributed by atoms with van der Waals surface area (Å²) in [5.41, 5.74) is 2.04. The molecule has 2 rings (SSSR count). The molecule has 22 heavy (non-hydrogen) atoms. The van der Waals surface area contributed by atoms with E-state index in [0.29, 0.717) is 38.8 Å². The SMILES string of the molecule is CCC[C@]1(C(=O)O)CCCN(C(=O)CCc2scnc2C)C1. The zero-order chi connectivity index (χ0) is 16.2. The smallest absolute Gasteiger partial charge is 0.311 e. The zero-order valence-electron chi connectivity index (χ0n) is 13.3. The van der Waals surface area contributed by atoms with Crippen LogP contribution in [0.4, 0.5) is 0 Å². The van der Waals surface area contributed by atoms with Gasteiger partial charge in [0.15, 0.2) is 0 Å². The van der Waals surface area contributed by atoms with Gasteiger partial charge in [-0.15, -0.1) is 11.3 Å². The normalized spacial score (nSPS) is 21.8. The molecule has 1 aliphatic rings. The fourth-order valence-electron chi connectivity index (χ4n) is 3.25. The second kappa shape index (κ2) is 7.22. The number of aliphatic carboxylic acids is 1. The summed E-state index contributed by atoms with van der Waals surface area (Å²) in [5.74, 6) is -0.695. The van der Waals surface area contributed by atoms with Gasteiger partial charge in [0.25, 0.3) is 0 Å². The number of nitrogens with zero attached hydrogens (tertiary/aromatic N) is 2. The van der Waals surface area contributed by atoms with Crippen LogP contribution in [0.15, 0.2) is 5.51 Å². The maximum atomic E-state index is 12.4. The molecule has 122 valence electrons. The van der Waals surface area contributed by atoms with Gasteiger partial charge in [0, 0.05) is 24.4 Å². The van der Waals surface area contributed by atoms with Crippen molar-refractivity contribution >= 4 is 23.2 Å².